The second-order valence-electron chi connectivity index (χ2n) is 2.45. The zero-order valence-corrected chi connectivity index (χ0v) is 6.85. The Morgan fingerprint density at radius 1 is 1.46 bits per heavy atom. The topological polar surface area (TPSA) is 69.1 Å². The van der Waals surface area contributed by atoms with E-state index in [9.17, 15) is 4.79 Å². The van der Waals surface area contributed by atoms with Crippen molar-refractivity contribution in [3.05, 3.63) is 24.3 Å². The summed E-state index contributed by atoms with van der Waals surface area (Å²) in [4.78, 5) is 10.8. The van der Waals surface area contributed by atoms with Crippen LogP contribution in [0.25, 0.3) is 11.7 Å². The Bertz CT molecular complexity index is 416. The van der Waals surface area contributed by atoms with Gasteiger partial charge in [-0.05, 0) is 12.1 Å². The minimum atomic E-state index is -0.259. The van der Waals surface area contributed by atoms with Crippen molar-refractivity contribution in [1.82, 2.24) is 10.2 Å². The van der Waals surface area contributed by atoms with Gasteiger partial charge in [0.2, 0.25) is 5.78 Å². The van der Waals surface area contributed by atoms with Crippen molar-refractivity contribution in [3.63, 3.8) is 0 Å². The minimum Gasteiger partial charge on any atom is -0.459 e. The Morgan fingerprint density at radius 3 is 2.85 bits per heavy atom. The van der Waals surface area contributed by atoms with E-state index in [4.69, 9.17) is 8.83 Å². The molecule has 5 nitrogen and oxygen atoms in total. The minimum absolute atomic E-state index is 0.00796. The Kier molecular flexibility index (Phi) is 1.70. The van der Waals surface area contributed by atoms with Gasteiger partial charge < -0.3 is 8.83 Å². The molecule has 0 aliphatic carbocycles. The molecular weight excluding hydrogens is 172 g/mol. The highest BCUT2D eigenvalue weighted by molar-refractivity contribution is 5.89. The van der Waals surface area contributed by atoms with Gasteiger partial charge in [0, 0.05) is 6.92 Å². The molecule has 0 N–H and O–H groups in total. The third-order valence-electron chi connectivity index (χ3n) is 1.46. The lowest BCUT2D eigenvalue weighted by Crippen LogP contribution is -1.90. The first-order valence-corrected chi connectivity index (χ1v) is 3.65. The van der Waals surface area contributed by atoms with Gasteiger partial charge in [-0.3, -0.25) is 4.79 Å². The number of furan rings is 1. The number of rotatable bonds is 2. The van der Waals surface area contributed by atoms with Gasteiger partial charge in [0.05, 0.1) is 6.26 Å². The van der Waals surface area contributed by atoms with Gasteiger partial charge in [-0.2, -0.15) is 0 Å². The van der Waals surface area contributed by atoms with Crippen LogP contribution in [0.4, 0.5) is 0 Å². The molecule has 0 unspecified atom stereocenters. The molecule has 0 bridgehead atoms. The van der Waals surface area contributed by atoms with E-state index in [1.165, 1.54) is 13.2 Å². The van der Waals surface area contributed by atoms with Crippen LogP contribution in [0.5, 0.6) is 0 Å². The van der Waals surface area contributed by atoms with Crippen molar-refractivity contribution < 1.29 is 13.6 Å². The number of ketones is 1. The van der Waals surface area contributed by atoms with Gasteiger partial charge in [0.15, 0.2) is 5.76 Å². The smallest absolute Gasteiger partial charge is 0.284 e. The van der Waals surface area contributed by atoms with E-state index in [0.717, 1.165) is 0 Å². The highest BCUT2D eigenvalue weighted by Gasteiger charge is 2.12. The monoisotopic (exact) mass is 178 g/mol. The molecule has 0 aliphatic rings. The van der Waals surface area contributed by atoms with E-state index in [1.807, 2.05) is 0 Å². The summed E-state index contributed by atoms with van der Waals surface area (Å²) in [7, 11) is 0. The molecule has 2 aromatic heterocycles. The maximum Gasteiger partial charge on any atom is 0.284 e. The second kappa shape index (κ2) is 2.85. The molecule has 66 valence electrons. The summed E-state index contributed by atoms with van der Waals surface area (Å²) < 4.78 is 10.0. The maximum atomic E-state index is 10.8. The first-order chi connectivity index (χ1) is 6.27. The van der Waals surface area contributed by atoms with Gasteiger partial charge >= 0.3 is 0 Å². The first kappa shape index (κ1) is 7.72. The Balaban J connectivity index is 2.39. The lowest BCUT2D eigenvalue weighted by molar-refractivity contribution is 0.0981. The van der Waals surface area contributed by atoms with Crippen molar-refractivity contribution in [2.75, 3.05) is 0 Å². The molecular formula is C8H6N2O3. The summed E-state index contributed by atoms with van der Waals surface area (Å²) >= 11 is 0. The van der Waals surface area contributed by atoms with Crippen LogP contribution in [-0.4, -0.2) is 16.0 Å². The molecule has 0 spiro atoms. The molecule has 2 heterocycles. The van der Waals surface area contributed by atoms with Crippen molar-refractivity contribution in [3.8, 4) is 11.7 Å². The average Bonchev–Trinajstić information content (AvgIpc) is 2.75. The zero-order chi connectivity index (χ0) is 9.26. The SMILES string of the molecule is CC(=O)c1nnc(-c2ccco2)o1. The molecule has 0 saturated carbocycles. The number of hydrogen-bond donors (Lipinski definition) is 0. The summed E-state index contributed by atoms with van der Waals surface area (Å²) in [6.45, 7) is 1.36. The summed E-state index contributed by atoms with van der Waals surface area (Å²) in [6, 6.07) is 3.38. The second-order valence-corrected chi connectivity index (χ2v) is 2.45. The van der Waals surface area contributed by atoms with Crippen LogP contribution in [0.2, 0.25) is 0 Å². The fourth-order valence-electron chi connectivity index (χ4n) is 0.865. The lowest BCUT2D eigenvalue weighted by Gasteiger charge is -1.84. The number of hydrogen-bond acceptors (Lipinski definition) is 5. The predicted molar refractivity (Wildman–Crippen MR) is 42.0 cm³/mol. The summed E-state index contributed by atoms with van der Waals surface area (Å²) in [5.74, 6) is 0.409. The van der Waals surface area contributed by atoms with Crippen LogP contribution >= 0.6 is 0 Å². The highest BCUT2D eigenvalue weighted by Crippen LogP contribution is 2.17. The van der Waals surface area contributed by atoms with E-state index in [-0.39, 0.29) is 17.6 Å². The summed E-state index contributed by atoms with van der Waals surface area (Å²) in [5.41, 5.74) is 0. The van der Waals surface area contributed by atoms with Crippen LogP contribution < -0.4 is 0 Å². The largest absolute Gasteiger partial charge is 0.459 e. The molecule has 0 aromatic carbocycles. The van der Waals surface area contributed by atoms with Gasteiger partial charge in [-0.15, -0.1) is 10.2 Å². The average molecular weight is 178 g/mol. The molecule has 5 heteroatoms. The lowest BCUT2D eigenvalue weighted by atomic mass is 10.4. The molecule has 0 aliphatic heterocycles. The third-order valence-corrected chi connectivity index (χ3v) is 1.46. The maximum absolute atomic E-state index is 10.8. The fraction of sp³-hybridized carbons (Fsp3) is 0.125. The van der Waals surface area contributed by atoms with Crippen LogP contribution in [-0.2, 0) is 0 Å². The molecule has 0 saturated heterocycles. The molecule has 13 heavy (non-hydrogen) atoms. The van der Waals surface area contributed by atoms with E-state index in [0.29, 0.717) is 5.76 Å². The van der Waals surface area contributed by atoms with Crippen molar-refractivity contribution >= 4 is 5.78 Å². The van der Waals surface area contributed by atoms with Gasteiger partial charge in [-0.25, -0.2) is 0 Å². The predicted octanol–water partition coefficient (Wildman–Crippen LogP) is 1.53. The number of Topliss-reactive ketones (excluding diaryl/α,β-unsaturated/α-hetero) is 1. The summed E-state index contributed by atoms with van der Waals surface area (Å²) in [5, 5.41) is 7.19. The fourth-order valence-corrected chi connectivity index (χ4v) is 0.865. The van der Waals surface area contributed by atoms with E-state index < -0.39 is 0 Å². The van der Waals surface area contributed by atoms with Crippen molar-refractivity contribution in [2.45, 2.75) is 6.92 Å². The Hall–Kier alpha value is -1.91. The first-order valence-electron chi connectivity index (χ1n) is 3.65. The van der Waals surface area contributed by atoms with Crippen LogP contribution in [0.15, 0.2) is 27.2 Å². The summed E-state index contributed by atoms with van der Waals surface area (Å²) in [6.07, 6.45) is 1.49. The number of carbonyl (C=O) groups excluding carboxylic acids is 1. The zero-order valence-electron chi connectivity index (χ0n) is 6.85. The van der Waals surface area contributed by atoms with Crippen LogP contribution in [0, 0.1) is 0 Å². The highest BCUT2D eigenvalue weighted by atomic mass is 16.4. The van der Waals surface area contributed by atoms with Crippen LogP contribution in [0.3, 0.4) is 0 Å². The molecule has 0 radical (unpaired) electrons. The van der Waals surface area contributed by atoms with Crippen molar-refractivity contribution in [2.24, 2.45) is 0 Å². The molecule has 2 rings (SSSR count). The van der Waals surface area contributed by atoms with E-state index in [1.54, 1.807) is 12.1 Å². The molecule has 0 amide bonds. The molecule has 0 atom stereocenters. The van der Waals surface area contributed by atoms with Gasteiger partial charge in [-0.1, -0.05) is 0 Å². The third kappa shape index (κ3) is 1.35. The molecule has 0 fully saturated rings. The van der Waals surface area contributed by atoms with Crippen molar-refractivity contribution in [1.29, 1.82) is 0 Å². The van der Waals surface area contributed by atoms with E-state index >= 15 is 0 Å². The van der Waals surface area contributed by atoms with Gasteiger partial charge in [0.1, 0.15) is 0 Å². The number of aromatic nitrogens is 2. The number of carbonyl (C=O) groups is 1. The Labute approximate surface area is 73.4 Å². The molecule has 2 aromatic rings. The van der Waals surface area contributed by atoms with Gasteiger partial charge in [0.25, 0.3) is 11.8 Å². The number of nitrogens with zero attached hydrogens (tertiary/aromatic N) is 2. The Morgan fingerprint density at radius 2 is 2.31 bits per heavy atom. The van der Waals surface area contributed by atoms with E-state index in [2.05, 4.69) is 10.2 Å². The van der Waals surface area contributed by atoms with Crippen LogP contribution in [0.1, 0.15) is 17.6 Å². The standard InChI is InChI=1S/C8H6N2O3/c1-5(11)7-9-10-8(13-7)6-3-2-4-12-6/h2-4H,1H3. The quantitative estimate of drug-likeness (QED) is 0.652. The normalized spacial score (nSPS) is 10.2.